The summed E-state index contributed by atoms with van der Waals surface area (Å²) in [6.07, 6.45) is 1.03. The van der Waals surface area contributed by atoms with E-state index in [2.05, 4.69) is 19.2 Å². The number of benzene rings is 1. The van der Waals surface area contributed by atoms with E-state index in [1.807, 2.05) is 0 Å². The Morgan fingerprint density at radius 2 is 2.15 bits per heavy atom. The third-order valence-corrected chi connectivity index (χ3v) is 2.64. The Labute approximate surface area is 120 Å². The average Bonchev–Trinajstić information content (AvgIpc) is 2.40. The molecule has 112 valence electrons. The predicted molar refractivity (Wildman–Crippen MR) is 79.6 cm³/mol. The summed E-state index contributed by atoms with van der Waals surface area (Å²) in [6, 6.07) is 6.99. The fourth-order valence-electron chi connectivity index (χ4n) is 1.49. The molecule has 0 saturated carbocycles. The lowest BCUT2D eigenvalue weighted by molar-refractivity contribution is -0.123. The quantitative estimate of drug-likeness (QED) is 0.534. The van der Waals surface area contributed by atoms with Crippen molar-refractivity contribution in [3.05, 3.63) is 24.3 Å². The lowest BCUT2D eigenvalue weighted by Gasteiger charge is -2.09. The van der Waals surface area contributed by atoms with Crippen LogP contribution < -0.4 is 15.8 Å². The fraction of sp³-hybridized carbons (Fsp3) is 0.533. The monoisotopic (exact) mass is 280 g/mol. The molecule has 5 nitrogen and oxygen atoms in total. The lowest BCUT2D eigenvalue weighted by atomic mass is 10.1. The summed E-state index contributed by atoms with van der Waals surface area (Å²) in [4.78, 5) is 11.5. The molecule has 0 aromatic heterocycles. The molecule has 1 aromatic rings. The van der Waals surface area contributed by atoms with Gasteiger partial charge in [0.25, 0.3) is 5.91 Å². The number of hydrogen-bond donors (Lipinski definition) is 2. The smallest absolute Gasteiger partial charge is 0.258 e. The number of amides is 1. The van der Waals surface area contributed by atoms with Crippen LogP contribution in [0.1, 0.15) is 20.3 Å². The zero-order valence-corrected chi connectivity index (χ0v) is 12.2. The normalized spacial score (nSPS) is 10.6. The van der Waals surface area contributed by atoms with Gasteiger partial charge in [0.1, 0.15) is 5.75 Å². The number of nitrogen functional groups attached to an aromatic ring is 1. The molecule has 3 N–H and O–H groups in total. The molecule has 0 heterocycles. The van der Waals surface area contributed by atoms with Crippen molar-refractivity contribution < 1.29 is 14.3 Å². The first kappa shape index (κ1) is 16.3. The Balaban J connectivity index is 2.06. The molecule has 0 spiro atoms. The van der Waals surface area contributed by atoms with Crippen LogP contribution in [-0.2, 0) is 9.53 Å². The SMILES string of the molecule is CC(C)CCOCCNC(=O)COc1cccc(N)c1. The summed E-state index contributed by atoms with van der Waals surface area (Å²) in [5.41, 5.74) is 6.23. The minimum atomic E-state index is -0.167. The molecule has 20 heavy (non-hydrogen) atoms. The van der Waals surface area contributed by atoms with Crippen LogP contribution in [0.3, 0.4) is 0 Å². The van der Waals surface area contributed by atoms with E-state index in [0.717, 1.165) is 13.0 Å². The van der Waals surface area contributed by atoms with Crippen LogP contribution in [0.15, 0.2) is 24.3 Å². The highest BCUT2D eigenvalue weighted by molar-refractivity contribution is 5.77. The molecule has 0 fully saturated rings. The molecule has 0 aliphatic rings. The molecule has 5 heteroatoms. The second kappa shape index (κ2) is 9.20. The van der Waals surface area contributed by atoms with Crippen molar-refractivity contribution in [1.29, 1.82) is 0 Å². The Morgan fingerprint density at radius 1 is 1.35 bits per heavy atom. The van der Waals surface area contributed by atoms with E-state index in [0.29, 0.717) is 30.5 Å². The van der Waals surface area contributed by atoms with Gasteiger partial charge in [0, 0.05) is 24.9 Å². The number of anilines is 1. The number of nitrogens with one attached hydrogen (secondary N) is 1. The summed E-state index contributed by atoms with van der Waals surface area (Å²) >= 11 is 0. The first-order valence-electron chi connectivity index (χ1n) is 6.90. The van der Waals surface area contributed by atoms with Crippen molar-refractivity contribution in [2.75, 3.05) is 32.1 Å². The van der Waals surface area contributed by atoms with Gasteiger partial charge in [0.2, 0.25) is 0 Å². The zero-order valence-electron chi connectivity index (χ0n) is 12.2. The first-order valence-corrected chi connectivity index (χ1v) is 6.90. The Bertz CT molecular complexity index is 408. The van der Waals surface area contributed by atoms with E-state index in [1.165, 1.54) is 0 Å². The van der Waals surface area contributed by atoms with Gasteiger partial charge in [-0.05, 0) is 24.5 Å². The number of ether oxygens (including phenoxy) is 2. The number of rotatable bonds is 9. The summed E-state index contributed by atoms with van der Waals surface area (Å²) in [6.45, 7) is 6.04. The molecular weight excluding hydrogens is 256 g/mol. The van der Waals surface area contributed by atoms with Gasteiger partial charge in [-0.25, -0.2) is 0 Å². The highest BCUT2D eigenvalue weighted by atomic mass is 16.5. The predicted octanol–water partition coefficient (Wildman–Crippen LogP) is 1.83. The highest BCUT2D eigenvalue weighted by Gasteiger charge is 2.02. The largest absolute Gasteiger partial charge is 0.484 e. The second-order valence-electron chi connectivity index (χ2n) is 5.01. The number of nitrogens with two attached hydrogens (primary N) is 1. The maximum absolute atomic E-state index is 11.5. The van der Waals surface area contributed by atoms with Crippen LogP contribution in [0, 0.1) is 5.92 Å². The van der Waals surface area contributed by atoms with Crippen molar-refractivity contribution >= 4 is 11.6 Å². The van der Waals surface area contributed by atoms with Crippen molar-refractivity contribution in [3.8, 4) is 5.75 Å². The standard InChI is InChI=1S/C15H24N2O3/c1-12(2)6-8-19-9-7-17-15(18)11-20-14-5-3-4-13(16)10-14/h3-5,10,12H,6-9,11,16H2,1-2H3,(H,17,18). The maximum atomic E-state index is 11.5. The Kier molecular flexibility index (Phi) is 7.50. The Hall–Kier alpha value is -1.75. The third kappa shape index (κ3) is 7.63. The van der Waals surface area contributed by atoms with E-state index < -0.39 is 0 Å². The molecule has 0 saturated heterocycles. The minimum Gasteiger partial charge on any atom is -0.484 e. The third-order valence-electron chi connectivity index (χ3n) is 2.64. The molecule has 0 unspecified atom stereocenters. The Morgan fingerprint density at radius 3 is 2.85 bits per heavy atom. The molecule has 0 bridgehead atoms. The molecule has 1 rings (SSSR count). The topological polar surface area (TPSA) is 73.6 Å². The summed E-state index contributed by atoms with van der Waals surface area (Å²) in [5, 5.41) is 2.74. The van der Waals surface area contributed by atoms with Gasteiger partial charge in [0.15, 0.2) is 6.61 Å². The van der Waals surface area contributed by atoms with Crippen LogP contribution in [0.5, 0.6) is 5.75 Å². The van der Waals surface area contributed by atoms with E-state index >= 15 is 0 Å². The van der Waals surface area contributed by atoms with Crippen LogP contribution in [0.2, 0.25) is 0 Å². The van der Waals surface area contributed by atoms with Crippen molar-refractivity contribution in [3.63, 3.8) is 0 Å². The van der Waals surface area contributed by atoms with Crippen molar-refractivity contribution in [2.45, 2.75) is 20.3 Å². The van der Waals surface area contributed by atoms with Gasteiger partial charge in [-0.3, -0.25) is 4.79 Å². The number of carbonyl (C=O) groups excluding carboxylic acids is 1. The van der Waals surface area contributed by atoms with Crippen LogP contribution in [-0.4, -0.2) is 32.3 Å². The van der Waals surface area contributed by atoms with Crippen molar-refractivity contribution in [2.24, 2.45) is 5.92 Å². The summed E-state index contributed by atoms with van der Waals surface area (Å²) in [5.74, 6) is 1.06. The summed E-state index contributed by atoms with van der Waals surface area (Å²) < 4.78 is 10.7. The van der Waals surface area contributed by atoms with Gasteiger partial charge in [-0.15, -0.1) is 0 Å². The van der Waals surface area contributed by atoms with E-state index in [9.17, 15) is 4.79 Å². The van der Waals surface area contributed by atoms with Crippen LogP contribution >= 0.6 is 0 Å². The number of carbonyl (C=O) groups is 1. The van der Waals surface area contributed by atoms with Crippen molar-refractivity contribution in [1.82, 2.24) is 5.32 Å². The molecule has 1 aromatic carbocycles. The summed E-state index contributed by atoms with van der Waals surface area (Å²) in [7, 11) is 0. The molecule has 0 atom stereocenters. The first-order chi connectivity index (χ1) is 9.58. The number of hydrogen-bond acceptors (Lipinski definition) is 4. The molecule has 0 aliphatic heterocycles. The molecule has 0 aliphatic carbocycles. The second-order valence-corrected chi connectivity index (χ2v) is 5.01. The van der Waals surface area contributed by atoms with Gasteiger partial charge in [0.05, 0.1) is 6.61 Å². The van der Waals surface area contributed by atoms with E-state index in [-0.39, 0.29) is 12.5 Å². The molecule has 0 radical (unpaired) electrons. The van der Waals surface area contributed by atoms with E-state index in [1.54, 1.807) is 24.3 Å². The zero-order chi connectivity index (χ0) is 14.8. The average molecular weight is 280 g/mol. The molecule has 1 amide bonds. The highest BCUT2D eigenvalue weighted by Crippen LogP contribution is 2.13. The van der Waals surface area contributed by atoms with Gasteiger partial charge < -0.3 is 20.5 Å². The van der Waals surface area contributed by atoms with Gasteiger partial charge in [-0.1, -0.05) is 19.9 Å². The minimum absolute atomic E-state index is 0.0184. The van der Waals surface area contributed by atoms with E-state index in [4.69, 9.17) is 15.2 Å². The molecular formula is C15H24N2O3. The van der Waals surface area contributed by atoms with Gasteiger partial charge >= 0.3 is 0 Å². The fourth-order valence-corrected chi connectivity index (χ4v) is 1.49. The van der Waals surface area contributed by atoms with Crippen LogP contribution in [0.4, 0.5) is 5.69 Å². The lowest BCUT2D eigenvalue weighted by Crippen LogP contribution is -2.31. The van der Waals surface area contributed by atoms with Gasteiger partial charge in [-0.2, -0.15) is 0 Å². The maximum Gasteiger partial charge on any atom is 0.258 e. The van der Waals surface area contributed by atoms with Crippen LogP contribution in [0.25, 0.3) is 0 Å².